The largest absolute Gasteiger partial charge is 0.349 e. The molecule has 4 rings (SSSR count). The SMILES string of the molecule is Cn1nc2c(cc1=O)C[C@H](NC(=O)c1cc3ccccn3c1)CC2. The van der Waals surface area contributed by atoms with Crippen LogP contribution >= 0.6 is 0 Å². The smallest absolute Gasteiger partial charge is 0.266 e. The van der Waals surface area contributed by atoms with Crippen LogP contribution in [0.5, 0.6) is 0 Å². The van der Waals surface area contributed by atoms with Crippen LogP contribution in [0.3, 0.4) is 0 Å². The number of aromatic nitrogens is 3. The van der Waals surface area contributed by atoms with Gasteiger partial charge in [0.1, 0.15) is 0 Å². The lowest BCUT2D eigenvalue weighted by Crippen LogP contribution is -2.40. The van der Waals surface area contributed by atoms with Crippen molar-refractivity contribution >= 4 is 11.4 Å². The van der Waals surface area contributed by atoms with Crippen LogP contribution < -0.4 is 10.9 Å². The maximum Gasteiger partial charge on any atom is 0.266 e. The van der Waals surface area contributed by atoms with Crippen molar-refractivity contribution in [1.82, 2.24) is 19.5 Å². The van der Waals surface area contributed by atoms with E-state index >= 15 is 0 Å². The van der Waals surface area contributed by atoms with E-state index in [1.807, 2.05) is 41.1 Å². The standard InChI is InChI=1S/C18H18N4O2/c1-21-17(23)10-12-8-14(5-6-16(12)20-21)19-18(24)13-9-15-4-2-3-7-22(15)11-13/h2-4,7,9-11,14H,5-6,8H2,1H3,(H,19,24)/t14-/m1/s1. The number of pyridine rings is 1. The summed E-state index contributed by atoms with van der Waals surface area (Å²) in [6, 6.07) is 9.39. The van der Waals surface area contributed by atoms with Gasteiger partial charge in [0.15, 0.2) is 0 Å². The third-order valence-electron chi connectivity index (χ3n) is 4.56. The maximum absolute atomic E-state index is 12.5. The molecule has 0 aliphatic heterocycles. The normalized spacial score (nSPS) is 16.8. The molecule has 0 bridgehead atoms. The van der Waals surface area contributed by atoms with E-state index in [2.05, 4.69) is 10.4 Å². The lowest BCUT2D eigenvalue weighted by Gasteiger charge is -2.24. The maximum atomic E-state index is 12.5. The van der Waals surface area contributed by atoms with E-state index in [1.165, 1.54) is 4.68 Å². The summed E-state index contributed by atoms with van der Waals surface area (Å²) in [5.41, 5.74) is 3.42. The van der Waals surface area contributed by atoms with Gasteiger partial charge in [0.25, 0.3) is 11.5 Å². The van der Waals surface area contributed by atoms with E-state index in [4.69, 9.17) is 0 Å². The van der Waals surface area contributed by atoms with E-state index < -0.39 is 0 Å². The lowest BCUT2D eigenvalue weighted by atomic mass is 9.92. The van der Waals surface area contributed by atoms with Crippen molar-refractivity contribution in [3.05, 3.63) is 69.9 Å². The Labute approximate surface area is 138 Å². The van der Waals surface area contributed by atoms with Crippen molar-refractivity contribution in [3.63, 3.8) is 0 Å². The van der Waals surface area contributed by atoms with Gasteiger partial charge in [-0.25, -0.2) is 4.68 Å². The molecular formula is C18H18N4O2. The van der Waals surface area contributed by atoms with E-state index in [0.29, 0.717) is 12.0 Å². The van der Waals surface area contributed by atoms with Crippen LogP contribution in [0.15, 0.2) is 47.5 Å². The van der Waals surface area contributed by atoms with E-state index in [0.717, 1.165) is 29.6 Å². The van der Waals surface area contributed by atoms with Crippen LogP contribution in [-0.2, 0) is 19.9 Å². The second kappa shape index (κ2) is 5.63. The minimum atomic E-state index is -0.112. The predicted octanol–water partition coefficient (Wildman–Crippen LogP) is 1.32. The summed E-state index contributed by atoms with van der Waals surface area (Å²) in [5, 5.41) is 7.38. The summed E-state index contributed by atoms with van der Waals surface area (Å²) in [6.45, 7) is 0. The number of amides is 1. The second-order valence-corrected chi connectivity index (χ2v) is 6.25. The van der Waals surface area contributed by atoms with Gasteiger partial charge in [0, 0.05) is 37.1 Å². The average Bonchev–Trinajstić information content (AvgIpc) is 3.00. The molecule has 3 aromatic heterocycles. The molecule has 1 N–H and O–H groups in total. The van der Waals surface area contributed by atoms with Gasteiger partial charge in [-0.15, -0.1) is 0 Å². The summed E-state index contributed by atoms with van der Waals surface area (Å²) in [6.07, 6.45) is 6.00. The monoisotopic (exact) mass is 322 g/mol. The second-order valence-electron chi connectivity index (χ2n) is 6.25. The molecule has 0 spiro atoms. The molecule has 24 heavy (non-hydrogen) atoms. The number of nitrogens with zero attached hydrogens (tertiary/aromatic N) is 3. The molecule has 0 saturated heterocycles. The number of carbonyl (C=O) groups is 1. The summed E-state index contributed by atoms with van der Waals surface area (Å²) >= 11 is 0. The zero-order valence-corrected chi connectivity index (χ0v) is 13.4. The van der Waals surface area contributed by atoms with Crippen LogP contribution in [-0.4, -0.2) is 26.1 Å². The number of nitrogens with one attached hydrogen (secondary N) is 1. The Morgan fingerprint density at radius 2 is 2.21 bits per heavy atom. The molecule has 6 nitrogen and oxygen atoms in total. The topological polar surface area (TPSA) is 68.4 Å². The van der Waals surface area contributed by atoms with E-state index in [-0.39, 0.29) is 17.5 Å². The molecule has 122 valence electrons. The number of hydrogen-bond acceptors (Lipinski definition) is 3. The third kappa shape index (κ3) is 2.60. The van der Waals surface area contributed by atoms with Crippen LogP contribution in [0, 0.1) is 0 Å². The molecule has 0 fully saturated rings. The lowest BCUT2D eigenvalue weighted by molar-refractivity contribution is 0.0933. The molecule has 3 heterocycles. The first kappa shape index (κ1) is 14.7. The molecule has 0 saturated carbocycles. The molecule has 0 aromatic carbocycles. The van der Waals surface area contributed by atoms with Gasteiger partial charge >= 0.3 is 0 Å². The van der Waals surface area contributed by atoms with E-state index in [9.17, 15) is 9.59 Å². The summed E-state index contributed by atoms with van der Waals surface area (Å²) in [4.78, 5) is 24.3. The van der Waals surface area contributed by atoms with E-state index in [1.54, 1.807) is 13.1 Å². The van der Waals surface area contributed by atoms with Crippen LogP contribution in [0.2, 0.25) is 0 Å². The zero-order valence-electron chi connectivity index (χ0n) is 13.4. The first-order valence-corrected chi connectivity index (χ1v) is 8.04. The van der Waals surface area contributed by atoms with Crippen LogP contribution in [0.25, 0.3) is 5.52 Å². The van der Waals surface area contributed by atoms with Gasteiger partial charge in [0.2, 0.25) is 0 Å². The molecule has 6 heteroatoms. The fraction of sp³-hybridized carbons (Fsp3) is 0.278. The minimum absolute atomic E-state index is 0.0296. The van der Waals surface area contributed by atoms with Crippen molar-refractivity contribution in [3.8, 4) is 0 Å². The zero-order chi connectivity index (χ0) is 16.7. The van der Waals surface area contributed by atoms with Crippen molar-refractivity contribution in [2.75, 3.05) is 0 Å². The molecule has 1 aliphatic rings. The highest BCUT2D eigenvalue weighted by molar-refractivity contribution is 5.95. The first-order chi connectivity index (χ1) is 11.6. The first-order valence-electron chi connectivity index (χ1n) is 8.04. The molecule has 1 aliphatic carbocycles. The predicted molar refractivity (Wildman–Crippen MR) is 90.2 cm³/mol. The van der Waals surface area contributed by atoms with Crippen molar-refractivity contribution in [2.24, 2.45) is 7.05 Å². The van der Waals surface area contributed by atoms with Gasteiger partial charge < -0.3 is 9.72 Å². The Balaban J connectivity index is 1.52. The fourth-order valence-electron chi connectivity index (χ4n) is 3.26. The molecule has 1 amide bonds. The highest BCUT2D eigenvalue weighted by atomic mass is 16.1. The fourth-order valence-corrected chi connectivity index (χ4v) is 3.26. The van der Waals surface area contributed by atoms with Crippen molar-refractivity contribution < 1.29 is 4.79 Å². The Morgan fingerprint density at radius 3 is 3.04 bits per heavy atom. The Kier molecular flexibility index (Phi) is 3.45. The van der Waals surface area contributed by atoms with Gasteiger partial charge in [0.05, 0.1) is 11.3 Å². The minimum Gasteiger partial charge on any atom is -0.349 e. The van der Waals surface area contributed by atoms with Gasteiger partial charge in [-0.2, -0.15) is 5.10 Å². The Hall–Kier alpha value is -2.89. The molecule has 3 aromatic rings. The number of aryl methyl sites for hydroxylation is 2. The quantitative estimate of drug-likeness (QED) is 0.774. The van der Waals surface area contributed by atoms with Gasteiger partial charge in [-0.1, -0.05) is 6.07 Å². The summed E-state index contributed by atoms with van der Waals surface area (Å²) < 4.78 is 3.29. The number of carbonyl (C=O) groups excluding carboxylic acids is 1. The summed E-state index contributed by atoms with van der Waals surface area (Å²) in [5.74, 6) is -0.0797. The number of hydrogen-bond donors (Lipinski definition) is 1. The van der Waals surface area contributed by atoms with Crippen molar-refractivity contribution in [1.29, 1.82) is 0 Å². The Morgan fingerprint density at radius 1 is 1.33 bits per heavy atom. The Bertz CT molecular complexity index is 953. The number of fused-ring (bicyclic) bond motifs is 2. The van der Waals surface area contributed by atoms with Gasteiger partial charge in [-0.05, 0) is 43.0 Å². The highest BCUT2D eigenvalue weighted by Gasteiger charge is 2.23. The molecule has 0 unspecified atom stereocenters. The number of rotatable bonds is 2. The third-order valence-corrected chi connectivity index (χ3v) is 4.56. The van der Waals surface area contributed by atoms with Crippen LogP contribution in [0.1, 0.15) is 28.0 Å². The molecule has 0 radical (unpaired) electrons. The van der Waals surface area contributed by atoms with Crippen LogP contribution in [0.4, 0.5) is 0 Å². The van der Waals surface area contributed by atoms with Crippen molar-refractivity contribution in [2.45, 2.75) is 25.3 Å². The summed E-state index contributed by atoms with van der Waals surface area (Å²) in [7, 11) is 1.66. The molecule has 1 atom stereocenters. The van der Waals surface area contributed by atoms with Gasteiger partial charge in [-0.3, -0.25) is 9.59 Å². The highest BCUT2D eigenvalue weighted by Crippen LogP contribution is 2.18. The average molecular weight is 322 g/mol. The molecular weight excluding hydrogens is 304 g/mol.